The molecule has 1 atom stereocenters. The molecule has 0 saturated heterocycles. The molecule has 1 aromatic carbocycles. The van der Waals surface area contributed by atoms with Crippen LogP contribution in [0.2, 0.25) is 0 Å². The SMILES string of the molecule is CCCC(COC)NC(=O)c1ccc(N)c(OC)c1. The molecule has 0 aliphatic heterocycles. The number of benzene rings is 1. The van der Waals surface area contributed by atoms with E-state index in [4.69, 9.17) is 15.2 Å². The summed E-state index contributed by atoms with van der Waals surface area (Å²) < 4.78 is 10.2. The van der Waals surface area contributed by atoms with Gasteiger partial charge in [-0.25, -0.2) is 0 Å². The van der Waals surface area contributed by atoms with Crippen LogP contribution >= 0.6 is 0 Å². The first-order valence-electron chi connectivity index (χ1n) is 6.35. The summed E-state index contributed by atoms with van der Waals surface area (Å²) in [6, 6.07) is 5.01. The van der Waals surface area contributed by atoms with Crippen molar-refractivity contribution in [3.8, 4) is 5.75 Å². The molecular weight excluding hydrogens is 244 g/mol. The lowest BCUT2D eigenvalue weighted by molar-refractivity contribution is 0.0891. The number of amides is 1. The molecule has 1 aromatic rings. The Morgan fingerprint density at radius 2 is 2.16 bits per heavy atom. The van der Waals surface area contributed by atoms with Crippen LogP contribution in [0.25, 0.3) is 0 Å². The fourth-order valence-corrected chi connectivity index (χ4v) is 1.87. The number of nitrogen functional groups attached to an aromatic ring is 1. The van der Waals surface area contributed by atoms with Crippen LogP contribution in [0.4, 0.5) is 5.69 Å². The molecule has 1 rings (SSSR count). The molecular formula is C14H22N2O3. The fourth-order valence-electron chi connectivity index (χ4n) is 1.87. The number of carbonyl (C=O) groups excluding carboxylic acids is 1. The molecule has 5 nitrogen and oxygen atoms in total. The van der Waals surface area contributed by atoms with Gasteiger partial charge in [-0.3, -0.25) is 4.79 Å². The number of rotatable bonds is 7. The van der Waals surface area contributed by atoms with Gasteiger partial charge in [0.05, 0.1) is 25.4 Å². The average molecular weight is 266 g/mol. The van der Waals surface area contributed by atoms with Crippen molar-refractivity contribution in [3.05, 3.63) is 23.8 Å². The molecule has 0 radical (unpaired) electrons. The van der Waals surface area contributed by atoms with Gasteiger partial charge in [0.2, 0.25) is 0 Å². The number of hydrogen-bond donors (Lipinski definition) is 2. The van der Waals surface area contributed by atoms with Gasteiger partial charge in [0.25, 0.3) is 5.91 Å². The lowest BCUT2D eigenvalue weighted by Crippen LogP contribution is -2.37. The van der Waals surface area contributed by atoms with Crippen LogP contribution in [-0.4, -0.2) is 32.8 Å². The molecule has 3 N–H and O–H groups in total. The number of ether oxygens (including phenoxy) is 2. The molecule has 19 heavy (non-hydrogen) atoms. The molecule has 0 spiro atoms. The van der Waals surface area contributed by atoms with Gasteiger partial charge in [-0.15, -0.1) is 0 Å². The second-order valence-corrected chi connectivity index (χ2v) is 4.37. The van der Waals surface area contributed by atoms with E-state index in [1.165, 1.54) is 7.11 Å². The number of carbonyl (C=O) groups is 1. The summed E-state index contributed by atoms with van der Waals surface area (Å²) in [5, 5.41) is 2.95. The van der Waals surface area contributed by atoms with Crippen LogP contribution in [0.15, 0.2) is 18.2 Å². The zero-order valence-corrected chi connectivity index (χ0v) is 11.7. The van der Waals surface area contributed by atoms with Crippen LogP contribution in [0, 0.1) is 0 Å². The summed E-state index contributed by atoms with van der Waals surface area (Å²) >= 11 is 0. The van der Waals surface area contributed by atoms with E-state index >= 15 is 0 Å². The van der Waals surface area contributed by atoms with E-state index in [0.29, 0.717) is 23.6 Å². The summed E-state index contributed by atoms with van der Waals surface area (Å²) in [6.07, 6.45) is 1.87. The Morgan fingerprint density at radius 1 is 1.42 bits per heavy atom. The van der Waals surface area contributed by atoms with Crippen molar-refractivity contribution in [2.45, 2.75) is 25.8 Å². The fraction of sp³-hybridized carbons (Fsp3) is 0.500. The maximum Gasteiger partial charge on any atom is 0.251 e. The van der Waals surface area contributed by atoms with Gasteiger partial charge in [-0.05, 0) is 24.6 Å². The predicted octanol–water partition coefficient (Wildman–Crippen LogP) is 1.82. The first-order chi connectivity index (χ1) is 9.12. The Kier molecular flexibility index (Phi) is 6.15. The van der Waals surface area contributed by atoms with E-state index in [1.807, 2.05) is 0 Å². The van der Waals surface area contributed by atoms with Gasteiger partial charge in [0.1, 0.15) is 5.75 Å². The van der Waals surface area contributed by atoms with Crippen molar-refractivity contribution in [2.75, 3.05) is 26.6 Å². The predicted molar refractivity (Wildman–Crippen MR) is 75.4 cm³/mol. The van der Waals surface area contributed by atoms with Crippen molar-refractivity contribution in [1.29, 1.82) is 0 Å². The van der Waals surface area contributed by atoms with Crippen LogP contribution in [0.1, 0.15) is 30.1 Å². The minimum absolute atomic E-state index is 0.0195. The maximum absolute atomic E-state index is 12.1. The standard InChI is InChI=1S/C14H22N2O3/c1-4-5-11(9-18-2)16-14(17)10-6-7-12(15)13(8-10)19-3/h6-8,11H,4-5,9,15H2,1-3H3,(H,16,17). The van der Waals surface area contributed by atoms with Crippen molar-refractivity contribution < 1.29 is 14.3 Å². The average Bonchev–Trinajstić information content (AvgIpc) is 2.39. The molecule has 0 heterocycles. The Labute approximate surface area is 114 Å². The molecule has 5 heteroatoms. The molecule has 0 aromatic heterocycles. The minimum Gasteiger partial charge on any atom is -0.495 e. The second-order valence-electron chi connectivity index (χ2n) is 4.37. The van der Waals surface area contributed by atoms with E-state index in [9.17, 15) is 4.79 Å². The third-order valence-electron chi connectivity index (χ3n) is 2.84. The van der Waals surface area contributed by atoms with Gasteiger partial charge in [0.15, 0.2) is 0 Å². The Balaban J connectivity index is 2.76. The van der Waals surface area contributed by atoms with E-state index < -0.39 is 0 Å². The topological polar surface area (TPSA) is 73.6 Å². The molecule has 1 unspecified atom stereocenters. The number of nitrogens with two attached hydrogens (primary N) is 1. The van der Waals surface area contributed by atoms with Crippen LogP contribution in [0.3, 0.4) is 0 Å². The largest absolute Gasteiger partial charge is 0.495 e. The van der Waals surface area contributed by atoms with Crippen molar-refractivity contribution >= 4 is 11.6 Å². The summed E-state index contributed by atoms with van der Waals surface area (Å²) in [5.41, 5.74) is 6.77. The van der Waals surface area contributed by atoms with Gasteiger partial charge in [-0.2, -0.15) is 0 Å². The molecule has 0 saturated carbocycles. The zero-order valence-electron chi connectivity index (χ0n) is 11.7. The first kappa shape index (κ1) is 15.3. The first-order valence-corrected chi connectivity index (χ1v) is 6.35. The highest BCUT2D eigenvalue weighted by molar-refractivity contribution is 5.95. The lowest BCUT2D eigenvalue weighted by atomic mass is 10.1. The van der Waals surface area contributed by atoms with Crippen molar-refractivity contribution in [1.82, 2.24) is 5.32 Å². The summed E-state index contributed by atoms with van der Waals surface area (Å²) in [7, 11) is 3.15. The molecule has 1 amide bonds. The normalized spacial score (nSPS) is 11.9. The highest BCUT2D eigenvalue weighted by Crippen LogP contribution is 2.22. The van der Waals surface area contributed by atoms with Gasteiger partial charge in [-0.1, -0.05) is 13.3 Å². The van der Waals surface area contributed by atoms with Gasteiger partial charge in [0, 0.05) is 12.7 Å². The van der Waals surface area contributed by atoms with Crippen molar-refractivity contribution in [2.24, 2.45) is 0 Å². The Hall–Kier alpha value is -1.75. The third-order valence-corrected chi connectivity index (χ3v) is 2.84. The van der Waals surface area contributed by atoms with Crippen LogP contribution in [-0.2, 0) is 4.74 Å². The summed E-state index contributed by atoms with van der Waals surface area (Å²) in [4.78, 5) is 12.1. The lowest BCUT2D eigenvalue weighted by Gasteiger charge is -2.17. The maximum atomic E-state index is 12.1. The smallest absolute Gasteiger partial charge is 0.251 e. The minimum atomic E-state index is -0.145. The monoisotopic (exact) mass is 266 g/mol. The summed E-state index contributed by atoms with van der Waals surface area (Å²) in [5.74, 6) is 0.361. The number of nitrogens with one attached hydrogen (secondary N) is 1. The Bertz CT molecular complexity index is 415. The van der Waals surface area contributed by atoms with Gasteiger partial charge >= 0.3 is 0 Å². The van der Waals surface area contributed by atoms with E-state index in [-0.39, 0.29) is 11.9 Å². The van der Waals surface area contributed by atoms with Crippen LogP contribution < -0.4 is 15.8 Å². The van der Waals surface area contributed by atoms with E-state index in [2.05, 4.69) is 12.2 Å². The number of hydrogen-bond acceptors (Lipinski definition) is 4. The molecule has 0 fully saturated rings. The second kappa shape index (κ2) is 7.63. The van der Waals surface area contributed by atoms with Crippen LogP contribution in [0.5, 0.6) is 5.75 Å². The highest BCUT2D eigenvalue weighted by Gasteiger charge is 2.14. The number of anilines is 1. The number of methoxy groups -OCH3 is 2. The van der Waals surface area contributed by atoms with Crippen molar-refractivity contribution in [3.63, 3.8) is 0 Å². The molecule has 0 bridgehead atoms. The molecule has 106 valence electrons. The van der Waals surface area contributed by atoms with E-state index in [1.54, 1.807) is 25.3 Å². The third kappa shape index (κ3) is 4.44. The quantitative estimate of drug-likeness (QED) is 0.738. The Morgan fingerprint density at radius 3 is 2.74 bits per heavy atom. The highest BCUT2D eigenvalue weighted by atomic mass is 16.5. The zero-order chi connectivity index (χ0) is 14.3. The van der Waals surface area contributed by atoms with E-state index in [0.717, 1.165) is 12.8 Å². The molecule has 0 aliphatic rings. The molecule has 0 aliphatic carbocycles. The van der Waals surface area contributed by atoms with Gasteiger partial charge < -0.3 is 20.5 Å². The summed E-state index contributed by atoms with van der Waals surface area (Å²) in [6.45, 7) is 2.58.